The Kier molecular flexibility index (Phi) is 6.37. The molecule has 128 valence electrons. The van der Waals surface area contributed by atoms with E-state index in [9.17, 15) is 9.50 Å². The Labute approximate surface area is 147 Å². The lowest BCUT2D eigenvalue weighted by atomic mass is 10.0. The largest absolute Gasteiger partial charge is 0.389 e. The highest BCUT2D eigenvalue weighted by molar-refractivity contribution is 5.85. The summed E-state index contributed by atoms with van der Waals surface area (Å²) in [6.07, 6.45) is 1.29. The van der Waals surface area contributed by atoms with Gasteiger partial charge in [0.1, 0.15) is 5.82 Å². The van der Waals surface area contributed by atoms with Crippen LogP contribution in [0.1, 0.15) is 18.5 Å². The molecular formula is C19H22ClFN2O. The summed E-state index contributed by atoms with van der Waals surface area (Å²) < 4.78 is 15.7. The molecule has 3 rings (SSSR count). The number of aliphatic hydroxyl groups is 1. The number of nitrogens with one attached hydrogen (secondary N) is 1. The second-order valence-corrected chi connectivity index (χ2v) is 5.66. The highest BCUT2D eigenvalue weighted by Gasteiger charge is 2.24. The van der Waals surface area contributed by atoms with Gasteiger partial charge in [-0.3, -0.25) is 0 Å². The van der Waals surface area contributed by atoms with E-state index >= 15 is 0 Å². The van der Waals surface area contributed by atoms with Crippen LogP contribution in [0.3, 0.4) is 0 Å². The van der Waals surface area contributed by atoms with Crippen LogP contribution in [0.5, 0.6) is 0 Å². The number of rotatable bonds is 6. The summed E-state index contributed by atoms with van der Waals surface area (Å²) in [5.41, 5.74) is 1.79. The van der Waals surface area contributed by atoms with Crippen molar-refractivity contribution in [2.24, 2.45) is 0 Å². The molecule has 0 aliphatic carbocycles. The summed E-state index contributed by atoms with van der Waals surface area (Å²) in [4.78, 5) is 0. The zero-order chi connectivity index (χ0) is 16.2. The Morgan fingerprint density at radius 2 is 1.92 bits per heavy atom. The zero-order valence-corrected chi connectivity index (χ0v) is 14.3. The van der Waals surface area contributed by atoms with Gasteiger partial charge in [0.05, 0.1) is 12.1 Å². The van der Waals surface area contributed by atoms with Crippen molar-refractivity contribution < 1.29 is 9.50 Å². The van der Waals surface area contributed by atoms with Crippen LogP contribution in [0, 0.1) is 5.82 Å². The number of likely N-dealkylation sites (N-methyl/N-ethyl adjacent to an activating group) is 1. The fourth-order valence-corrected chi connectivity index (χ4v) is 3.01. The molecule has 1 aromatic heterocycles. The average Bonchev–Trinajstić information content (AvgIpc) is 2.97. The second kappa shape index (κ2) is 8.29. The molecular weight excluding hydrogens is 327 g/mol. The first kappa shape index (κ1) is 18.5. The molecule has 0 fully saturated rings. The molecule has 1 heterocycles. The SMILES string of the molecule is CCNC[C@@H](O)[C@H](c1cccc(F)c1)n1ccc2ccccc21.Cl. The van der Waals surface area contributed by atoms with Gasteiger partial charge in [-0.25, -0.2) is 4.39 Å². The van der Waals surface area contributed by atoms with Crippen molar-refractivity contribution >= 4 is 23.3 Å². The molecule has 2 N–H and O–H groups in total. The van der Waals surface area contributed by atoms with Gasteiger partial charge >= 0.3 is 0 Å². The molecule has 2 atom stereocenters. The summed E-state index contributed by atoms with van der Waals surface area (Å²) >= 11 is 0. The van der Waals surface area contributed by atoms with E-state index in [4.69, 9.17) is 0 Å². The van der Waals surface area contributed by atoms with E-state index in [1.54, 1.807) is 6.07 Å². The lowest BCUT2D eigenvalue weighted by Gasteiger charge is -2.26. The molecule has 0 saturated heterocycles. The molecule has 5 heteroatoms. The maximum Gasteiger partial charge on any atom is 0.123 e. The Morgan fingerprint density at radius 1 is 1.12 bits per heavy atom. The number of benzene rings is 2. The zero-order valence-electron chi connectivity index (χ0n) is 13.5. The molecule has 0 bridgehead atoms. The predicted octanol–water partition coefficient (Wildman–Crippen LogP) is 3.76. The lowest BCUT2D eigenvalue weighted by molar-refractivity contribution is 0.130. The van der Waals surface area contributed by atoms with Crippen LogP contribution in [0.2, 0.25) is 0 Å². The normalized spacial score (nSPS) is 13.5. The van der Waals surface area contributed by atoms with Gasteiger partial charge in [-0.05, 0) is 41.8 Å². The predicted molar refractivity (Wildman–Crippen MR) is 98.3 cm³/mol. The molecule has 0 radical (unpaired) electrons. The van der Waals surface area contributed by atoms with Crippen LogP contribution in [-0.2, 0) is 0 Å². The van der Waals surface area contributed by atoms with Crippen molar-refractivity contribution in [2.75, 3.05) is 13.1 Å². The molecule has 0 aliphatic heterocycles. The van der Waals surface area contributed by atoms with E-state index in [-0.39, 0.29) is 24.3 Å². The lowest BCUT2D eigenvalue weighted by Crippen LogP contribution is -2.34. The van der Waals surface area contributed by atoms with Gasteiger partial charge in [-0.2, -0.15) is 0 Å². The summed E-state index contributed by atoms with van der Waals surface area (Å²) in [7, 11) is 0. The summed E-state index contributed by atoms with van der Waals surface area (Å²) in [6, 6.07) is 16.1. The van der Waals surface area contributed by atoms with Crippen LogP contribution >= 0.6 is 12.4 Å². The van der Waals surface area contributed by atoms with Crippen LogP contribution in [0.15, 0.2) is 60.8 Å². The average molecular weight is 349 g/mol. The molecule has 3 nitrogen and oxygen atoms in total. The molecule has 0 spiro atoms. The number of aliphatic hydroxyl groups excluding tert-OH is 1. The van der Waals surface area contributed by atoms with Gasteiger partial charge in [-0.15, -0.1) is 12.4 Å². The molecule has 0 saturated carbocycles. The highest BCUT2D eigenvalue weighted by Crippen LogP contribution is 2.28. The van der Waals surface area contributed by atoms with E-state index in [1.165, 1.54) is 12.1 Å². The molecule has 24 heavy (non-hydrogen) atoms. The minimum atomic E-state index is -0.660. The van der Waals surface area contributed by atoms with Crippen molar-refractivity contribution in [2.45, 2.75) is 19.1 Å². The van der Waals surface area contributed by atoms with Crippen molar-refractivity contribution in [3.05, 3.63) is 72.2 Å². The quantitative estimate of drug-likeness (QED) is 0.711. The van der Waals surface area contributed by atoms with Gasteiger partial charge in [0, 0.05) is 18.3 Å². The maximum absolute atomic E-state index is 13.7. The van der Waals surface area contributed by atoms with Crippen LogP contribution in [0.4, 0.5) is 4.39 Å². The third-order valence-corrected chi connectivity index (χ3v) is 4.09. The minimum Gasteiger partial charge on any atom is -0.389 e. The number of fused-ring (bicyclic) bond motifs is 1. The van der Waals surface area contributed by atoms with E-state index < -0.39 is 6.10 Å². The molecule has 0 unspecified atom stereocenters. The fourth-order valence-electron chi connectivity index (χ4n) is 3.01. The van der Waals surface area contributed by atoms with Crippen molar-refractivity contribution in [3.63, 3.8) is 0 Å². The number of aromatic nitrogens is 1. The van der Waals surface area contributed by atoms with E-state index in [0.717, 1.165) is 23.0 Å². The Balaban J connectivity index is 0.00000208. The number of para-hydroxylation sites is 1. The molecule has 2 aromatic carbocycles. The Morgan fingerprint density at radius 3 is 2.67 bits per heavy atom. The fraction of sp³-hybridized carbons (Fsp3) is 0.263. The van der Waals surface area contributed by atoms with Crippen LogP contribution in [0.25, 0.3) is 10.9 Å². The van der Waals surface area contributed by atoms with E-state index in [1.807, 2.05) is 54.1 Å². The molecule has 0 aliphatic rings. The minimum absolute atomic E-state index is 0. The summed E-state index contributed by atoms with van der Waals surface area (Å²) in [5.74, 6) is -0.292. The van der Waals surface area contributed by atoms with Crippen molar-refractivity contribution in [3.8, 4) is 0 Å². The van der Waals surface area contributed by atoms with E-state index in [2.05, 4.69) is 5.32 Å². The molecule has 0 amide bonds. The molecule has 3 aromatic rings. The van der Waals surface area contributed by atoms with Gasteiger partial charge < -0.3 is 15.0 Å². The van der Waals surface area contributed by atoms with Gasteiger partial charge in [-0.1, -0.05) is 37.3 Å². The van der Waals surface area contributed by atoms with Gasteiger partial charge in [0.15, 0.2) is 0 Å². The van der Waals surface area contributed by atoms with E-state index in [0.29, 0.717) is 6.54 Å². The second-order valence-electron chi connectivity index (χ2n) is 5.66. The third kappa shape index (κ3) is 3.78. The number of hydrogen-bond donors (Lipinski definition) is 2. The topological polar surface area (TPSA) is 37.2 Å². The maximum atomic E-state index is 13.7. The Bertz CT molecular complexity index is 790. The monoisotopic (exact) mass is 348 g/mol. The summed E-state index contributed by atoms with van der Waals surface area (Å²) in [6.45, 7) is 3.22. The summed E-state index contributed by atoms with van der Waals surface area (Å²) in [5, 5.41) is 15.0. The third-order valence-electron chi connectivity index (χ3n) is 4.09. The first-order valence-corrected chi connectivity index (χ1v) is 7.90. The Hall–Kier alpha value is -1.88. The van der Waals surface area contributed by atoms with Crippen LogP contribution < -0.4 is 5.32 Å². The van der Waals surface area contributed by atoms with Gasteiger partial charge in [0.25, 0.3) is 0 Å². The highest BCUT2D eigenvalue weighted by atomic mass is 35.5. The number of hydrogen-bond acceptors (Lipinski definition) is 2. The smallest absolute Gasteiger partial charge is 0.123 e. The van der Waals surface area contributed by atoms with Gasteiger partial charge in [0.2, 0.25) is 0 Å². The van der Waals surface area contributed by atoms with Crippen molar-refractivity contribution in [1.82, 2.24) is 9.88 Å². The first-order valence-electron chi connectivity index (χ1n) is 7.90. The first-order chi connectivity index (χ1) is 11.2. The number of nitrogens with zero attached hydrogens (tertiary/aromatic N) is 1. The van der Waals surface area contributed by atoms with Crippen LogP contribution in [-0.4, -0.2) is 28.9 Å². The standard InChI is InChI=1S/C19H21FN2O.ClH/c1-2-21-13-18(23)19(15-7-5-8-16(20)12-15)22-11-10-14-6-3-4-9-17(14)22;/h3-12,18-19,21,23H,2,13H2,1H3;1H/t18-,19+;/m1./s1. The van der Waals surface area contributed by atoms with Crippen molar-refractivity contribution in [1.29, 1.82) is 0 Å². The number of halogens is 2.